The van der Waals surface area contributed by atoms with Crippen LogP contribution in [0.1, 0.15) is 12.6 Å². The van der Waals surface area contributed by atoms with Crippen molar-refractivity contribution in [2.45, 2.75) is 19.4 Å². The summed E-state index contributed by atoms with van der Waals surface area (Å²) in [4.78, 5) is 28.3. The molecule has 1 fully saturated rings. The number of nitrogens with zero attached hydrogens (tertiary/aromatic N) is 4. The summed E-state index contributed by atoms with van der Waals surface area (Å²) in [5.41, 5.74) is 1.16. The summed E-state index contributed by atoms with van der Waals surface area (Å²) in [6, 6.07) is 6.35. The van der Waals surface area contributed by atoms with Crippen molar-refractivity contribution in [2.24, 2.45) is 0 Å². The fraction of sp³-hybridized carbons (Fsp3) is 0.294. The molecule has 0 saturated carbocycles. The summed E-state index contributed by atoms with van der Waals surface area (Å²) in [5.74, 6) is -0.757. The van der Waals surface area contributed by atoms with Gasteiger partial charge in [0, 0.05) is 13.1 Å². The van der Waals surface area contributed by atoms with Crippen molar-refractivity contribution in [3.05, 3.63) is 42.2 Å². The van der Waals surface area contributed by atoms with E-state index in [0.717, 1.165) is 0 Å². The number of aromatic nitrogens is 2. The van der Waals surface area contributed by atoms with Crippen molar-refractivity contribution in [3.63, 3.8) is 0 Å². The number of hydrogen-bond donors (Lipinski definition) is 1. The monoisotopic (exact) mass is 357 g/mol. The second-order valence-corrected chi connectivity index (χ2v) is 5.80. The van der Waals surface area contributed by atoms with E-state index in [0.29, 0.717) is 11.4 Å². The number of nitriles is 1. The van der Waals surface area contributed by atoms with Gasteiger partial charge in [0.2, 0.25) is 5.91 Å². The molecule has 8 nitrogen and oxygen atoms in total. The molecule has 2 amide bonds. The van der Waals surface area contributed by atoms with Crippen molar-refractivity contribution in [2.75, 3.05) is 18.0 Å². The standard InChI is InChI=1S/C17H16FN5O3/c1-11(24)20-7-14-9-23(17(25)26-14)13-2-3-16(15(18)6-13)22-8-12(4-5-19)21-10-22/h2-3,6,8,10,14H,4,7,9H2,1H3,(H,20,24). The van der Waals surface area contributed by atoms with Crippen LogP contribution >= 0.6 is 0 Å². The van der Waals surface area contributed by atoms with Crippen molar-refractivity contribution >= 4 is 17.7 Å². The summed E-state index contributed by atoms with van der Waals surface area (Å²) in [5, 5.41) is 11.3. The first-order valence-corrected chi connectivity index (χ1v) is 7.90. The minimum atomic E-state index is -0.591. The van der Waals surface area contributed by atoms with Crippen LogP contribution in [0.3, 0.4) is 0 Å². The van der Waals surface area contributed by atoms with Crippen LogP contribution in [-0.4, -0.2) is 40.7 Å². The Labute approximate surface area is 148 Å². The number of imidazole rings is 1. The quantitative estimate of drug-likeness (QED) is 0.875. The Morgan fingerprint density at radius 1 is 1.54 bits per heavy atom. The lowest BCUT2D eigenvalue weighted by molar-refractivity contribution is -0.119. The van der Waals surface area contributed by atoms with Crippen LogP contribution < -0.4 is 10.2 Å². The summed E-state index contributed by atoms with van der Waals surface area (Å²) in [6.45, 7) is 1.80. The molecule has 26 heavy (non-hydrogen) atoms. The second kappa shape index (κ2) is 7.23. The van der Waals surface area contributed by atoms with Crippen molar-refractivity contribution in [3.8, 4) is 11.8 Å². The van der Waals surface area contributed by atoms with Gasteiger partial charge in [0.25, 0.3) is 0 Å². The molecule has 0 radical (unpaired) electrons. The number of nitrogens with one attached hydrogen (secondary N) is 1. The highest BCUT2D eigenvalue weighted by atomic mass is 19.1. The van der Waals surface area contributed by atoms with Gasteiger partial charge in [-0.25, -0.2) is 14.2 Å². The van der Waals surface area contributed by atoms with Crippen LogP contribution in [-0.2, 0) is 16.0 Å². The van der Waals surface area contributed by atoms with E-state index in [9.17, 15) is 14.0 Å². The molecule has 2 heterocycles. The molecule has 1 N–H and O–H groups in total. The minimum Gasteiger partial charge on any atom is -0.442 e. The van der Waals surface area contributed by atoms with E-state index in [1.54, 1.807) is 12.3 Å². The number of ether oxygens (including phenoxy) is 1. The van der Waals surface area contributed by atoms with Gasteiger partial charge >= 0.3 is 6.09 Å². The number of amides is 2. The van der Waals surface area contributed by atoms with Gasteiger partial charge in [-0.2, -0.15) is 5.26 Å². The maximum absolute atomic E-state index is 14.5. The predicted molar refractivity (Wildman–Crippen MR) is 89.1 cm³/mol. The van der Waals surface area contributed by atoms with E-state index < -0.39 is 18.0 Å². The number of cyclic esters (lactones) is 1. The number of hydrogen-bond acceptors (Lipinski definition) is 5. The van der Waals surface area contributed by atoms with Crippen LogP contribution in [0, 0.1) is 17.1 Å². The number of carbonyl (C=O) groups is 2. The zero-order chi connectivity index (χ0) is 18.7. The third-order valence-corrected chi connectivity index (χ3v) is 3.87. The van der Waals surface area contributed by atoms with Gasteiger partial charge in [-0.1, -0.05) is 0 Å². The maximum Gasteiger partial charge on any atom is 0.414 e. The van der Waals surface area contributed by atoms with E-state index in [1.807, 2.05) is 6.07 Å². The van der Waals surface area contributed by atoms with E-state index in [4.69, 9.17) is 10.00 Å². The van der Waals surface area contributed by atoms with E-state index in [-0.39, 0.29) is 31.1 Å². The molecule has 1 aliphatic rings. The van der Waals surface area contributed by atoms with Gasteiger partial charge in [0.15, 0.2) is 0 Å². The normalized spacial score (nSPS) is 16.3. The number of halogens is 1. The molecule has 9 heteroatoms. The molecule has 1 aliphatic heterocycles. The molecule has 0 aliphatic carbocycles. The first-order valence-electron chi connectivity index (χ1n) is 7.90. The van der Waals surface area contributed by atoms with Gasteiger partial charge in [-0.05, 0) is 18.2 Å². The maximum atomic E-state index is 14.5. The van der Waals surface area contributed by atoms with E-state index >= 15 is 0 Å². The van der Waals surface area contributed by atoms with Crippen molar-refractivity contribution < 1.29 is 18.7 Å². The lowest BCUT2D eigenvalue weighted by Gasteiger charge is -2.14. The fourth-order valence-electron chi connectivity index (χ4n) is 2.64. The van der Waals surface area contributed by atoms with Crippen LogP contribution in [0.25, 0.3) is 5.69 Å². The molecule has 0 bridgehead atoms. The van der Waals surface area contributed by atoms with Crippen molar-refractivity contribution in [1.82, 2.24) is 14.9 Å². The summed E-state index contributed by atoms with van der Waals surface area (Å²) in [7, 11) is 0. The van der Waals surface area contributed by atoms with Crippen LogP contribution in [0.5, 0.6) is 0 Å². The van der Waals surface area contributed by atoms with E-state index in [2.05, 4.69) is 10.3 Å². The van der Waals surface area contributed by atoms with Gasteiger partial charge in [-0.15, -0.1) is 0 Å². The van der Waals surface area contributed by atoms with Crippen LogP contribution in [0.4, 0.5) is 14.9 Å². The SMILES string of the molecule is CC(=O)NCC1CN(c2ccc(-n3cnc(CC#N)c3)c(F)c2)C(=O)O1. The van der Waals surface area contributed by atoms with Gasteiger partial charge in [0.1, 0.15) is 11.9 Å². The first kappa shape index (κ1) is 17.4. The number of anilines is 1. The highest BCUT2D eigenvalue weighted by molar-refractivity contribution is 5.90. The molecule has 1 aromatic carbocycles. The lowest BCUT2D eigenvalue weighted by atomic mass is 10.2. The van der Waals surface area contributed by atoms with Gasteiger partial charge in [-0.3, -0.25) is 9.69 Å². The minimum absolute atomic E-state index is 0.141. The Bertz CT molecular complexity index is 889. The smallest absolute Gasteiger partial charge is 0.414 e. The Kier molecular flexibility index (Phi) is 4.84. The number of carbonyl (C=O) groups excluding carboxylic acids is 2. The van der Waals surface area contributed by atoms with Crippen LogP contribution in [0.2, 0.25) is 0 Å². The second-order valence-electron chi connectivity index (χ2n) is 5.80. The molecule has 1 unspecified atom stereocenters. The van der Waals surface area contributed by atoms with Crippen molar-refractivity contribution in [1.29, 1.82) is 5.26 Å². The molecule has 0 spiro atoms. The molecular formula is C17H16FN5O3. The molecule has 1 atom stereocenters. The average molecular weight is 357 g/mol. The Hall–Kier alpha value is -3.41. The topological polar surface area (TPSA) is 100 Å². The zero-order valence-corrected chi connectivity index (χ0v) is 14.0. The summed E-state index contributed by atoms with van der Waals surface area (Å²) >= 11 is 0. The molecule has 1 aromatic heterocycles. The summed E-state index contributed by atoms with van der Waals surface area (Å²) in [6.07, 6.45) is 2.07. The van der Waals surface area contributed by atoms with Crippen LogP contribution in [0.15, 0.2) is 30.7 Å². The highest BCUT2D eigenvalue weighted by Crippen LogP contribution is 2.25. The van der Waals surface area contributed by atoms with Gasteiger partial charge in [0.05, 0.1) is 49.0 Å². The molecule has 3 rings (SSSR count). The third-order valence-electron chi connectivity index (χ3n) is 3.87. The van der Waals surface area contributed by atoms with Gasteiger partial charge < -0.3 is 14.6 Å². The number of benzene rings is 1. The Morgan fingerprint density at radius 2 is 2.35 bits per heavy atom. The Balaban J connectivity index is 1.76. The lowest BCUT2D eigenvalue weighted by Crippen LogP contribution is -2.33. The highest BCUT2D eigenvalue weighted by Gasteiger charge is 2.32. The largest absolute Gasteiger partial charge is 0.442 e. The van der Waals surface area contributed by atoms with E-state index in [1.165, 1.54) is 34.9 Å². The predicted octanol–water partition coefficient (Wildman–Crippen LogP) is 1.54. The molecule has 2 aromatic rings. The third kappa shape index (κ3) is 3.64. The summed E-state index contributed by atoms with van der Waals surface area (Å²) < 4.78 is 21.2. The zero-order valence-electron chi connectivity index (χ0n) is 14.0. The number of rotatable bonds is 5. The molecular weight excluding hydrogens is 341 g/mol. The average Bonchev–Trinajstić information content (AvgIpc) is 3.20. The molecule has 1 saturated heterocycles. The first-order chi connectivity index (χ1) is 12.5. The molecule has 134 valence electrons. The fourth-order valence-corrected chi connectivity index (χ4v) is 2.64. The Morgan fingerprint density at radius 3 is 3.04 bits per heavy atom.